The lowest BCUT2D eigenvalue weighted by molar-refractivity contribution is -0.211. The van der Waals surface area contributed by atoms with Crippen LogP contribution < -0.4 is 0 Å². The Kier molecular flexibility index (Phi) is 7.59. The van der Waals surface area contributed by atoms with Crippen LogP contribution in [0.2, 0.25) is 0 Å². The Morgan fingerprint density at radius 2 is 1.59 bits per heavy atom. The largest absolute Gasteiger partial charge is 0.458 e. The molecule has 15 heteroatoms. The lowest BCUT2D eigenvalue weighted by atomic mass is 9.45. The van der Waals surface area contributed by atoms with Crippen LogP contribution in [0.4, 0.5) is 8.78 Å². The molecule has 4 aliphatic carbocycles. The number of fused-ring (bicyclic) bond motifs is 1. The van der Waals surface area contributed by atoms with E-state index in [9.17, 15) is 36.4 Å². The molecule has 8 unspecified atom stereocenters. The Hall–Kier alpha value is -2.39. The number of hydrogen-bond donors (Lipinski definition) is 1. The van der Waals surface area contributed by atoms with E-state index in [4.69, 9.17) is 23.5 Å². The first-order chi connectivity index (χ1) is 20.5. The molecule has 7 fully saturated rings. The third-order valence-electron chi connectivity index (χ3n) is 11.3. The van der Waals surface area contributed by atoms with E-state index in [0.29, 0.717) is 31.1 Å². The van der Waals surface area contributed by atoms with Crippen LogP contribution in [-0.2, 0) is 53.0 Å². The quantitative estimate of drug-likeness (QED) is 0.198. The highest BCUT2D eigenvalue weighted by atomic mass is 32.2. The maximum Gasteiger partial charge on any atom is 0.405 e. The smallest absolute Gasteiger partial charge is 0.405 e. The molecule has 3 saturated heterocycles. The lowest BCUT2D eigenvalue weighted by Gasteiger charge is -2.62. The number of rotatable bonds is 11. The van der Waals surface area contributed by atoms with Crippen molar-refractivity contribution >= 4 is 34.0 Å². The average molecular weight is 649 g/mol. The standard InChI is InChI=1S/C29H38F2O12S/c1-4-27(3,28-10-14-7-15(11-28)9-16(8-14)12-28)43-26(35)20-19-21-24(42-25(19)34)23(22(20)41-21)40-18(33)6-5-17(32)39-13(2)29(30,31)44(36,37)38/h13-16,19-24H,4-12H2,1-3H3,(H,36,37,38). The van der Waals surface area contributed by atoms with E-state index < -0.39 is 100 Å². The first kappa shape index (κ1) is 31.6. The molecule has 44 heavy (non-hydrogen) atoms. The molecular formula is C29H38F2O12S. The van der Waals surface area contributed by atoms with E-state index in [2.05, 4.69) is 4.74 Å². The second-order valence-electron chi connectivity index (χ2n) is 13.8. The van der Waals surface area contributed by atoms with Crippen molar-refractivity contribution < 1.29 is 64.6 Å². The summed E-state index contributed by atoms with van der Waals surface area (Å²) in [5, 5.41) is -4.75. The lowest BCUT2D eigenvalue weighted by Crippen LogP contribution is -2.59. The normalized spacial score (nSPS) is 40.3. The fourth-order valence-electron chi connectivity index (χ4n) is 9.29. The Morgan fingerprint density at radius 1 is 1.02 bits per heavy atom. The predicted molar refractivity (Wildman–Crippen MR) is 142 cm³/mol. The molecule has 6 bridgehead atoms. The third-order valence-corrected chi connectivity index (χ3v) is 12.3. The van der Waals surface area contributed by atoms with Crippen LogP contribution in [0.5, 0.6) is 0 Å². The molecular weight excluding hydrogens is 610 g/mol. The zero-order valence-corrected chi connectivity index (χ0v) is 25.6. The highest BCUT2D eigenvalue weighted by molar-refractivity contribution is 7.86. The molecule has 4 saturated carbocycles. The third kappa shape index (κ3) is 4.91. The second kappa shape index (κ2) is 10.6. The molecule has 7 rings (SSSR count). The Labute approximate surface area is 253 Å². The molecule has 12 nitrogen and oxygen atoms in total. The average Bonchev–Trinajstić information content (AvgIpc) is 3.54. The van der Waals surface area contributed by atoms with Crippen LogP contribution in [0.15, 0.2) is 0 Å². The maximum absolute atomic E-state index is 13.9. The molecule has 0 aromatic carbocycles. The van der Waals surface area contributed by atoms with Gasteiger partial charge in [0.15, 0.2) is 18.3 Å². The van der Waals surface area contributed by atoms with Gasteiger partial charge in [0.1, 0.15) is 29.6 Å². The molecule has 3 heterocycles. The first-order valence-electron chi connectivity index (χ1n) is 15.3. The van der Waals surface area contributed by atoms with Gasteiger partial charge in [0.25, 0.3) is 0 Å². The number of esters is 4. The van der Waals surface area contributed by atoms with E-state index in [1.165, 1.54) is 19.3 Å². The highest BCUT2D eigenvalue weighted by Gasteiger charge is 2.72. The molecule has 0 aromatic heterocycles. The fourth-order valence-corrected chi connectivity index (χ4v) is 9.76. The summed E-state index contributed by atoms with van der Waals surface area (Å²) < 4.78 is 85.3. The Balaban J connectivity index is 1.10. The summed E-state index contributed by atoms with van der Waals surface area (Å²) in [6, 6.07) is 0. The SMILES string of the molecule is CCC(C)(OC(=O)C1C2OC3C(OC(=O)C31)C2OC(=O)CCC(=O)OC(C)C(F)(F)S(=O)(=O)O)C12CC3CC(CC(C3)C1)C2. The van der Waals surface area contributed by atoms with Crippen molar-refractivity contribution in [3.05, 3.63) is 0 Å². The fraction of sp³-hybridized carbons (Fsp3) is 0.862. The van der Waals surface area contributed by atoms with Crippen molar-refractivity contribution in [1.82, 2.24) is 0 Å². The minimum atomic E-state index is -5.84. The van der Waals surface area contributed by atoms with Gasteiger partial charge < -0.3 is 23.7 Å². The summed E-state index contributed by atoms with van der Waals surface area (Å²) in [6.07, 6.45) is -0.547. The topological polar surface area (TPSA) is 169 Å². The van der Waals surface area contributed by atoms with Gasteiger partial charge in [-0.15, -0.1) is 0 Å². The van der Waals surface area contributed by atoms with Gasteiger partial charge in [-0.25, -0.2) is 0 Å². The molecule has 246 valence electrons. The molecule has 0 aromatic rings. The monoisotopic (exact) mass is 648 g/mol. The van der Waals surface area contributed by atoms with Crippen molar-refractivity contribution in [3.8, 4) is 0 Å². The molecule has 3 aliphatic heterocycles. The Bertz CT molecular complexity index is 1310. The van der Waals surface area contributed by atoms with Gasteiger partial charge in [0, 0.05) is 5.41 Å². The summed E-state index contributed by atoms with van der Waals surface area (Å²) in [6.45, 7) is 4.57. The summed E-state index contributed by atoms with van der Waals surface area (Å²) in [4.78, 5) is 51.4. The zero-order chi connectivity index (χ0) is 32.0. The molecule has 7 aliphatic rings. The van der Waals surface area contributed by atoms with Crippen LogP contribution in [0, 0.1) is 35.0 Å². The molecule has 8 atom stereocenters. The van der Waals surface area contributed by atoms with Crippen LogP contribution in [0.3, 0.4) is 0 Å². The van der Waals surface area contributed by atoms with Crippen LogP contribution in [0.1, 0.15) is 78.6 Å². The first-order valence-corrected chi connectivity index (χ1v) is 16.7. The van der Waals surface area contributed by atoms with Crippen LogP contribution in [0.25, 0.3) is 0 Å². The van der Waals surface area contributed by atoms with Gasteiger partial charge in [-0.3, -0.25) is 23.7 Å². The summed E-state index contributed by atoms with van der Waals surface area (Å²) >= 11 is 0. The number of carbonyl (C=O) groups excluding carboxylic acids is 4. The summed E-state index contributed by atoms with van der Waals surface area (Å²) in [5.74, 6) is -3.62. The van der Waals surface area contributed by atoms with Crippen LogP contribution >= 0.6 is 0 Å². The second-order valence-corrected chi connectivity index (χ2v) is 15.3. The van der Waals surface area contributed by atoms with Crippen LogP contribution in [-0.4, -0.2) is 78.2 Å². The van der Waals surface area contributed by atoms with E-state index in [-0.39, 0.29) is 5.41 Å². The predicted octanol–water partition coefficient (Wildman–Crippen LogP) is 2.96. The minimum absolute atomic E-state index is 0.132. The summed E-state index contributed by atoms with van der Waals surface area (Å²) in [5.41, 5.74) is -0.883. The van der Waals surface area contributed by atoms with Crippen molar-refractivity contribution in [2.45, 2.75) is 120 Å². The van der Waals surface area contributed by atoms with E-state index >= 15 is 0 Å². The minimum Gasteiger partial charge on any atom is -0.458 e. The van der Waals surface area contributed by atoms with Crippen molar-refractivity contribution in [3.63, 3.8) is 0 Å². The number of hydrogen-bond acceptors (Lipinski definition) is 11. The molecule has 0 amide bonds. The van der Waals surface area contributed by atoms with E-state index in [0.717, 1.165) is 19.3 Å². The number of ether oxygens (including phenoxy) is 5. The zero-order valence-electron chi connectivity index (χ0n) is 24.7. The number of carbonyl (C=O) groups is 4. The van der Waals surface area contributed by atoms with Gasteiger partial charge in [0.05, 0.1) is 12.8 Å². The summed E-state index contributed by atoms with van der Waals surface area (Å²) in [7, 11) is -5.84. The molecule has 0 radical (unpaired) electrons. The van der Waals surface area contributed by atoms with Gasteiger partial charge >= 0.3 is 39.2 Å². The van der Waals surface area contributed by atoms with Crippen molar-refractivity contribution in [2.75, 3.05) is 0 Å². The maximum atomic E-state index is 13.9. The van der Waals surface area contributed by atoms with E-state index in [1.54, 1.807) is 0 Å². The van der Waals surface area contributed by atoms with Crippen molar-refractivity contribution in [1.29, 1.82) is 0 Å². The molecule has 0 spiro atoms. The Morgan fingerprint density at radius 3 is 2.14 bits per heavy atom. The van der Waals surface area contributed by atoms with Crippen molar-refractivity contribution in [2.24, 2.45) is 35.0 Å². The van der Waals surface area contributed by atoms with Gasteiger partial charge in [0.2, 0.25) is 0 Å². The number of halogens is 2. The van der Waals surface area contributed by atoms with Gasteiger partial charge in [-0.05, 0) is 76.5 Å². The van der Waals surface area contributed by atoms with Gasteiger partial charge in [-0.2, -0.15) is 17.2 Å². The van der Waals surface area contributed by atoms with Gasteiger partial charge in [-0.1, -0.05) is 6.92 Å². The highest BCUT2D eigenvalue weighted by Crippen LogP contribution is 2.65. The number of alkyl halides is 2. The van der Waals surface area contributed by atoms with E-state index in [1.807, 2.05) is 13.8 Å². The molecule has 1 N–H and O–H groups in total.